The molecule has 4 rings (SSSR count). The van der Waals surface area contributed by atoms with E-state index in [2.05, 4.69) is 30.0 Å². The van der Waals surface area contributed by atoms with Crippen molar-refractivity contribution >= 4 is 22.5 Å². The Labute approximate surface area is 156 Å². The predicted molar refractivity (Wildman–Crippen MR) is 105 cm³/mol. The minimum atomic E-state index is -0.129. The Hall–Kier alpha value is -2.85. The predicted octanol–water partition coefficient (Wildman–Crippen LogP) is 4.57. The van der Waals surface area contributed by atoms with Gasteiger partial charge in [0.05, 0.1) is 22.8 Å². The third kappa shape index (κ3) is 2.93. The second-order valence-corrected chi connectivity index (χ2v) is 6.94. The number of nitrogens with zero attached hydrogens (tertiary/aromatic N) is 2. The molecule has 2 heterocycles. The van der Waals surface area contributed by atoms with Crippen molar-refractivity contribution in [1.82, 2.24) is 14.8 Å². The van der Waals surface area contributed by atoms with Gasteiger partial charge < -0.3 is 4.98 Å². The van der Waals surface area contributed by atoms with Gasteiger partial charge >= 0.3 is 0 Å². The number of rotatable bonds is 3. The highest BCUT2D eigenvalue weighted by atomic mass is 35.5. The van der Waals surface area contributed by atoms with Crippen molar-refractivity contribution in [3.8, 4) is 5.69 Å². The molecule has 2 aromatic heterocycles. The summed E-state index contributed by atoms with van der Waals surface area (Å²) in [5.41, 5.74) is 5.88. The van der Waals surface area contributed by atoms with Gasteiger partial charge in [-0.3, -0.25) is 4.79 Å². The van der Waals surface area contributed by atoms with Crippen LogP contribution in [0, 0.1) is 13.8 Å². The van der Waals surface area contributed by atoms with E-state index < -0.39 is 0 Å². The Balaban J connectivity index is 1.86. The van der Waals surface area contributed by atoms with E-state index >= 15 is 0 Å². The fraction of sp³-hybridized carbons (Fsp3) is 0.143. The molecule has 4 nitrogen and oxygen atoms in total. The first-order chi connectivity index (χ1) is 12.5. The molecular weight excluding hydrogens is 346 g/mol. The van der Waals surface area contributed by atoms with Gasteiger partial charge in [-0.1, -0.05) is 35.9 Å². The number of nitrogens with one attached hydrogen (secondary N) is 1. The van der Waals surface area contributed by atoms with Gasteiger partial charge in [-0.2, -0.15) is 5.10 Å². The van der Waals surface area contributed by atoms with Gasteiger partial charge in [0.25, 0.3) is 5.56 Å². The lowest BCUT2D eigenvalue weighted by atomic mass is 10.1. The normalized spacial score (nSPS) is 11.2. The molecule has 0 bridgehead atoms. The first-order valence-corrected chi connectivity index (χ1v) is 8.81. The van der Waals surface area contributed by atoms with Gasteiger partial charge in [0, 0.05) is 17.1 Å². The van der Waals surface area contributed by atoms with Crippen LogP contribution < -0.4 is 5.56 Å². The van der Waals surface area contributed by atoms with Gasteiger partial charge in [-0.25, -0.2) is 4.68 Å². The van der Waals surface area contributed by atoms with Gasteiger partial charge in [0.15, 0.2) is 0 Å². The van der Waals surface area contributed by atoms with Crippen LogP contribution in [0.1, 0.15) is 22.4 Å². The number of halogens is 1. The van der Waals surface area contributed by atoms with E-state index in [0.29, 0.717) is 16.8 Å². The maximum absolute atomic E-state index is 12.5. The minimum absolute atomic E-state index is 0.129. The molecule has 0 saturated carbocycles. The zero-order valence-corrected chi connectivity index (χ0v) is 15.3. The number of aromatic nitrogens is 3. The molecule has 0 aliphatic heterocycles. The fourth-order valence-electron chi connectivity index (χ4n) is 3.21. The van der Waals surface area contributed by atoms with Gasteiger partial charge in [-0.15, -0.1) is 0 Å². The molecule has 2 aromatic carbocycles. The second-order valence-electron chi connectivity index (χ2n) is 6.50. The number of hydrogen-bond acceptors (Lipinski definition) is 2. The van der Waals surface area contributed by atoms with Crippen LogP contribution in [0.3, 0.4) is 0 Å². The van der Waals surface area contributed by atoms with Crippen molar-refractivity contribution in [3.05, 3.63) is 92.5 Å². The quantitative estimate of drug-likeness (QED) is 0.579. The SMILES string of the molecule is Cc1cccc(-n2ncc3c(=O)[nH]c(Cc4cccc(Cl)c4)cc32)c1C. The summed E-state index contributed by atoms with van der Waals surface area (Å²) in [6.45, 7) is 4.14. The summed E-state index contributed by atoms with van der Waals surface area (Å²) in [4.78, 5) is 15.5. The Bertz CT molecular complexity index is 1170. The van der Waals surface area contributed by atoms with Crippen molar-refractivity contribution < 1.29 is 0 Å². The number of H-pyrrole nitrogens is 1. The van der Waals surface area contributed by atoms with E-state index in [4.69, 9.17) is 11.6 Å². The van der Waals surface area contributed by atoms with Gasteiger partial charge in [-0.05, 0) is 54.8 Å². The Morgan fingerprint density at radius 3 is 2.73 bits per heavy atom. The number of hydrogen-bond donors (Lipinski definition) is 1. The summed E-state index contributed by atoms with van der Waals surface area (Å²) in [6.07, 6.45) is 2.23. The van der Waals surface area contributed by atoms with E-state index in [9.17, 15) is 4.79 Å². The maximum atomic E-state index is 12.5. The smallest absolute Gasteiger partial charge is 0.259 e. The van der Waals surface area contributed by atoms with Crippen LogP contribution in [0.15, 0.2) is 59.5 Å². The molecule has 0 aliphatic carbocycles. The lowest BCUT2D eigenvalue weighted by Crippen LogP contribution is -2.10. The molecule has 0 unspecified atom stereocenters. The van der Waals surface area contributed by atoms with Crippen LogP contribution in [0.5, 0.6) is 0 Å². The minimum Gasteiger partial charge on any atom is -0.325 e. The summed E-state index contributed by atoms with van der Waals surface area (Å²) < 4.78 is 1.84. The molecule has 4 aromatic rings. The number of benzene rings is 2. The van der Waals surface area contributed by atoms with Crippen LogP contribution in [-0.4, -0.2) is 14.8 Å². The maximum Gasteiger partial charge on any atom is 0.259 e. The first-order valence-electron chi connectivity index (χ1n) is 8.44. The summed E-state index contributed by atoms with van der Waals surface area (Å²) in [7, 11) is 0. The molecule has 0 spiro atoms. The molecule has 0 radical (unpaired) electrons. The number of aryl methyl sites for hydroxylation is 1. The van der Waals surface area contributed by atoms with Crippen molar-refractivity contribution in [2.24, 2.45) is 0 Å². The standard InChI is InChI=1S/C21H18ClN3O/c1-13-5-3-8-19(14(13)2)25-20-11-17(24-21(26)18(20)12-23-25)10-15-6-4-7-16(22)9-15/h3-9,11-12H,10H2,1-2H3,(H,24,26). The van der Waals surface area contributed by atoms with E-state index in [1.165, 1.54) is 5.56 Å². The van der Waals surface area contributed by atoms with Crippen molar-refractivity contribution in [1.29, 1.82) is 0 Å². The number of pyridine rings is 1. The van der Waals surface area contributed by atoms with Crippen LogP contribution in [0.25, 0.3) is 16.6 Å². The second kappa shape index (κ2) is 6.46. The van der Waals surface area contributed by atoms with Crippen LogP contribution in [0.2, 0.25) is 5.02 Å². The Morgan fingerprint density at radius 2 is 1.92 bits per heavy atom. The highest BCUT2D eigenvalue weighted by molar-refractivity contribution is 6.30. The molecule has 0 saturated heterocycles. The Morgan fingerprint density at radius 1 is 1.12 bits per heavy atom. The highest BCUT2D eigenvalue weighted by Crippen LogP contribution is 2.22. The molecule has 1 N–H and O–H groups in total. The van der Waals surface area contributed by atoms with Gasteiger partial charge in [0.2, 0.25) is 0 Å². The average Bonchev–Trinajstić information content (AvgIpc) is 3.02. The van der Waals surface area contributed by atoms with E-state index in [0.717, 1.165) is 28.0 Å². The lowest BCUT2D eigenvalue weighted by molar-refractivity contribution is 0.897. The van der Waals surface area contributed by atoms with Crippen LogP contribution >= 0.6 is 11.6 Å². The van der Waals surface area contributed by atoms with Crippen LogP contribution in [-0.2, 0) is 6.42 Å². The third-order valence-corrected chi connectivity index (χ3v) is 4.96. The van der Waals surface area contributed by atoms with Gasteiger partial charge in [0.1, 0.15) is 0 Å². The number of aromatic amines is 1. The molecule has 130 valence electrons. The Kier molecular flexibility index (Phi) is 4.13. The molecular formula is C21H18ClN3O. The molecule has 0 atom stereocenters. The highest BCUT2D eigenvalue weighted by Gasteiger charge is 2.12. The molecule has 0 aliphatic rings. The van der Waals surface area contributed by atoms with E-state index in [1.807, 2.05) is 47.1 Å². The van der Waals surface area contributed by atoms with Crippen molar-refractivity contribution in [2.75, 3.05) is 0 Å². The molecule has 5 heteroatoms. The third-order valence-electron chi connectivity index (χ3n) is 4.72. The summed E-state index contributed by atoms with van der Waals surface area (Å²) in [5.74, 6) is 0. The lowest BCUT2D eigenvalue weighted by Gasteiger charge is -2.10. The monoisotopic (exact) mass is 363 g/mol. The largest absolute Gasteiger partial charge is 0.325 e. The van der Waals surface area contributed by atoms with E-state index in [1.54, 1.807) is 6.20 Å². The summed E-state index contributed by atoms with van der Waals surface area (Å²) in [6, 6.07) is 15.7. The topological polar surface area (TPSA) is 50.7 Å². The first kappa shape index (κ1) is 16.6. The van der Waals surface area contributed by atoms with E-state index in [-0.39, 0.29) is 5.56 Å². The summed E-state index contributed by atoms with van der Waals surface area (Å²) >= 11 is 6.07. The molecule has 0 amide bonds. The molecule has 26 heavy (non-hydrogen) atoms. The van der Waals surface area contributed by atoms with Crippen molar-refractivity contribution in [3.63, 3.8) is 0 Å². The fourth-order valence-corrected chi connectivity index (χ4v) is 3.42. The van der Waals surface area contributed by atoms with Crippen molar-refractivity contribution in [2.45, 2.75) is 20.3 Å². The number of fused-ring (bicyclic) bond motifs is 1. The zero-order chi connectivity index (χ0) is 18.3. The van der Waals surface area contributed by atoms with Crippen LogP contribution in [0.4, 0.5) is 0 Å². The zero-order valence-electron chi connectivity index (χ0n) is 14.6. The summed E-state index contributed by atoms with van der Waals surface area (Å²) in [5, 5.41) is 5.74. The molecule has 0 fully saturated rings. The average molecular weight is 364 g/mol.